The number of pyridine rings is 1. The highest BCUT2D eigenvalue weighted by Crippen LogP contribution is 2.49. The fourth-order valence-corrected chi connectivity index (χ4v) is 6.21. The average Bonchev–Trinajstić information content (AvgIpc) is 3.14. The van der Waals surface area contributed by atoms with Crippen molar-refractivity contribution in [3.05, 3.63) is 90.0 Å². The highest BCUT2D eigenvalue weighted by molar-refractivity contribution is 7.86. The molecule has 1 aliphatic carbocycles. The predicted octanol–water partition coefficient (Wildman–Crippen LogP) is 4.26. The number of allylic oxidation sites excluding steroid dienone is 2. The Morgan fingerprint density at radius 2 is 1.81 bits per heavy atom. The van der Waals surface area contributed by atoms with Gasteiger partial charge in [0.15, 0.2) is 0 Å². The van der Waals surface area contributed by atoms with Crippen molar-refractivity contribution in [1.82, 2.24) is 4.98 Å². The number of rotatable bonds is 5. The van der Waals surface area contributed by atoms with Crippen molar-refractivity contribution in [2.75, 3.05) is 6.26 Å². The minimum atomic E-state index is -3.55. The Morgan fingerprint density at radius 3 is 2.56 bits per heavy atom. The molecule has 9 heteroatoms. The second kappa shape index (κ2) is 8.01. The standard InChI is InChI=1S/C27H26N5O3S/c1-27(35-36(2,33)34)15-21(16-27)25-24-17-29-12-13-32(24,28)26(31-25)20-9-8-19-10-11-22(30-23(19)14-20)18-6-4-3-5-7-18/h3-14,17,21H,15-16,28H2,1-2H3/q+1. The zero-order chi connectivity index (χ0) is 25.1. The second-order valence-corrected chi connectivity index (χ2v) is 11.4. The van der Waals surface area contributed by atoms with E-state index in [0.717, 1.165) is 45.4 Å². The molecular formula is C27H26N5O3S+. The molecule has 1 atom stereocenters. The summed E-state index contributed by atoms with van der Waals surface area (Å²) < 4.78 is 28.6. The van der Waals surface area contributed by atoms with E-state index in [0.29, 0.717) is 18.7 Å². The van der Waals surface area contributed by atoms with Crippen molar-refractivity contribution in [3.8, 4) is 11.3 Å². The van der Waals surface area contributed by atoms with Gasteiger partial charge in [0.25, 0.3) is 16.0 Å². The van der Waals surface area contributed by atoms with Gasteiger partial charge < -0.3 is 0 Å². The molecule has 2 aliphatic heterocycles. The number of hydrogen-bond acceptors (Lipinski definition) is 7. The molecule has 3 aromatic rings. The van der Waals surface area contributed by atoms with Crippen molar-refractivity contribution >= 4 is 33.1 Å². The van der Waals surface area contributed by atoms with Crippen LogP contribution in [0.2, 0.25) is 0 Å². The van der Waals surface area contributed by atoms with Gasteiger partial charge in [0, 0.05) is 16.9 Å². The molecule has 1 unspecified atom stereocenters. The number of nitrogens with zero attached hydrogens (tertiary/aromatic N) is 4. The summed E-state index contributed by atoms with van der Waals surface area (Å²) >= 11 is 0. The average molecular weight is 501 g/mol. The van der Waals surface area contributed by atoms with Crippen LogP contribution in [-0.2, 0) is 14.3 Å². The lowest BCUT2D eigenvalue weighted by molar-refractivity contribution is -0.750. The molecule has 2 N–H and O–H groups in total. The van der Waals surface area contributed by atoms with E-state index in [9.17, 15) is 8.42 Å². The molecule has 6 rings (SSSR count). The van der Waals surface area contributed by atoms with Crippen LogP contribution in [0.4, 0.5) is 0 Å². The lowest BCUT2D eigenvalue weighted by Gasteiger charge is -2.43. The number of aliphatic imine (C=N–C) groups is 2. The maximum Gasteiger partial charge on any atom is 0.264 e. The molecule has 1 saturated carbocycles. The van der Waals surface area contributed by atoms with E-state index < -0.39 is 15.7 Å². The van der Waals surface area contributed by atoms with Crippen LogP contribution in [0.5, 0.6) is 0 Å². The molecule has 182 valence electrons. The SMILES string of the molecule is CC1(OS(C)(=O)=O)CC(C2=C3C=NC=C[N+]3(N)C(c3ccc4ccc(-c5ccccc5)nc4c3)=N2)C1. The van der Waals surface area contributed by atoms with Gasteiger partial charge in [-0.15, -0.1) is 4.59 Å². The summed E-state index contributed by atoms with van der Waals surface area (Å²) in [7, 11) is -3.55. The first kappa shape index (κ1) is 22.9. The number of amidine groups is 1. The van der Waals surface area contributed by atoms with Gasteiger partial charge >= 0.3 is 0 Å². The summed E-state index contributed by atoms with van der Waals surface area (Å²) in [4.78, 5) is 14.2. The Bertz CT molecular complexity index is 1620. The summed E-state index contributed by atoms with van der Waals surface area (Å²) in [5.74, 6) is 7.60. The van der Waals surface area contributed by atoms with Crippen LogP contribution in [0.25, 0.3) is 22.2 Å². The van der Waals surface area contributed by atoms with E-state index >= 15 is 0 Å². The molecule has 0 radical (unpaired) electrons. The topological polar surface area (TPSA) is 107 Å². The summed E-state index contributed by atoms with van der Waals surface area (Å²) in [5, 5.41) is 1.03. The molecule has 0 bridgehead atoms. The summed E-state index contributed by atoms with van der Waals surface area (Å²) in [6.45, 7) is 1.81. The van der Waals surface area contributed by atoms with E-state index in [4.69, 9.17) is 20.0 Å². The van der Waals surface area contributed by atoms with Crippen LogP contribution >= 0.6 is 0 Å². The van der Waals surface area contributed by atoms with Gasteiger partial charge in [0.05, 0.1) is 41.0 Å². The number of benzene rings is 2. The fraction of sp³-hybridized carbons (Fsp3) is 0.222. The van der Waals surface area contributed by atoms with Gasteiger partial charge in [-0.25, -0.2) is 4.98 Å². The zero-order valence-corrected chi connectivity index (χ0v) is 20.8. The first-order valence-electron chi connectivity index (χ1n) is 11.7. The largest absolute Gasteiger partial charge is 0.264 e. The molecule has 0 spiro atoms. The van der Waals surface area contributed by atoms with Crippen LogP contribution in [0.15, 0.2) is 94.4 Å². The molecule has 8 nitrogen and oxygen atoms in total. The quantitative estimate of drug-likeness (QED) is 0.320. The Morgan fingerprint density at radius 1 is 1.06 bits per heavy atom. The van der Waals surface area contributed by atoms with E-state index in [1.54, 1.807) is 12.4 Å². The monoisotopic (exact) mass is 500 g/mol. The molecule has 36 heavy (non-hydrogen) atoms. The lowest BCUT2D eigenvalue weighted by atomic mass is 9.70. The van der Waals surface area contributed by atoms with Crippen LogP contribution in [0, 0.1) is 5.92 Å². The van der Waals surface area contributed by atoms with Gasteiger partial charge in [-0.05, 0) is 38.0 Å². The predicted molar refractivity (Wildman–Crippen MR) is 140 cm³/mol. The third kappa shape index (κ3) is 3.90. The van der Waals surface area contributed by atoms with Crippen LogP contribution < -0.4 is 5.84 Å². The zero-order valence-electron chi connectivity index (χ0n) is 20.0. The Labute approximate surface area is 209 Å². The molecule has 3 heterocycles. The number of hydrogen-bond donors (Lipinski definition) is 1. The van der Waals surface area contributed by atoms with E-state index in [-0.39, 0.29) is 10.5 Å². The Kier molecular flexibility index (Phi) is 5.10. The van der Waals surface area contributed by atoms with E-state index in [1.165, 1.54) is 0 Å². The highest BCUT2D eigenvalue weighted by atomic mass is 32.2. The minimum Gasteiger partial charge on any atom is -0.264 e. The molecule has 1 fully saturated rings. The second-order valence-electron chi connectivity index (χ2n) is 9.87. The molecule has 0 amide bonds. The summed E-state index contributed by atoms with van der Waals surface area (Å²) in [6, 6.07) is 20.2. The number of nitrogens with two attached hydrogens (primary N) is 1. The van der Waals surface area contributed by atoms with Crippen molar-refractivity contribution in [3.63, 3.8) is 0 Å². The highest BCUT2D eigenvalue weighted by Gasteiger charge is 2.52. The number of aromatic nitrogens is 1. The number of fused-ring (bicyclic) bond motifs is 2. The van der Waals surface area contributed by atoms with Crippen molar-refractivity contribution < 1.29 is 17.2 Å². The van der Waals surface area contributed by atoms with Crippen molar-refractivity contribution in [1.29, 1.82) is 0 Å². The van der Waals surface area contributed by atoms with Crippen LogP contribution in [0.1, 0.15) is 25.3 Å². The molecule has 2 aromatic carbocycles. The first-order chi connectivity index (χ1) is 17.1. The lowest BCUT2D eigenvalue weighted by Crippen LogP contribution is -2.53. The van der Waals surface area contributed by atoms with Gasteiger partial charge in [0.1, 0.15) is 11.9 Å². The summed E-state index contributed by atoms with van der Waals surface area (Å²) in [5.41, 5.74) is 4.53. The van der Waals surface area contributed by atoms with E-state index in [1.807, 2.05) is 67.7 Å². The molecule has 1 aromatic heterocycles. The minimum absolute atomic E-state index is 0.0199. The molecule has 3 aliphatic rings. The third-order valence-electron chi connectivity index (χ3n) is 6.94. The van der Waals surface area contributed by atoms with Crippen molar-refractivity contribution in [2.24, 2.45) is 21.7 Å². The van der Waals surface area contributed by atoms with Crippen molar-refractivity contribution in [2.45, 2.75) is 25.4 Å². The van der Waals surface area contributed by atoms with Gasteiger partial charge in [-0.2, -0.15) is 19.3 Å². The Balaban J connectivity index is 1.37. The Hall–Kier alpha value is -3.50. The van der Waals surface area contributed by atoms with Gasteiger partial charge in [0.2, 0.25) is 5.70 Å². The van der Waals surface area contributed by atoms with Gasteiger partial charge in [-0.3, -0.25) is 9.18 Å². The third-order valence-corrected chi connectivity index (χ3v) is 7.64. The first-order valence-corrected chi connectivity index (χ1v) is 13.5. The maximum atomic E-state index is 11.7. The normalized spacial score (nSPS) is 27.2. The summed E-state index contributed by atoms with van der Waals surface area (Å²) in [6.07, 6.45) is 7.37. The van der Waals surface area contributed by atoms with Crippen LogP contribution in [-0.4, -0.2) is 41.9 Å². The maximum absolute atomic E-state index is 11.7. The van der Waals surface area contributed by atoms with Crippen LogP contribution in [0.3, 0.4) is 0 Å². The fourth-order valence-electron chi connectivity index (χ4n) is 5.34. The van der Waals surface area contributed by atoms with Gasteiger partial charge in [-0.1, -0.05) is 42.5 Å². The number of quaternary nitrogens is 1. The molecule has 0 saturated heterocycles. The molecular weight excluding hydrogens is 474 g/mol. The smallest absolute Gasteiger partial charge is 0.264 e. The van der Waals surface area contributed by atoms with E-state index in [2.05, 4.69) is 11.1 Å².